The fourth-order valence-electron chi connectivity index (χ4n) is 9.60. The first-order valence-electron chi connectivity index (χ1n) is 20.3. The van der Waals surface area contributed by atoms with Crippen molar-refractivity contribution in [3.8, 4) is 6.07 Å². The number of aromatic nitrogens is 1. The van der Waals surface area contributed by atoms with E-state index < -0.39 is 6.04 Å². The van der Waals surface area contributed by atoms with Gasteiger partial charge in [0.05, 0.1) is 22.5 Å². The number of piperazine rings is 1. The van der Waals surface area contributed by atoms with Crippen molar-refractivity contribution in [3.63, 3.8) is 0 Å². The second-order valence-electron chi connectivity index (χ2n) is 16.6. The molecule has 8 rings (SSSR count). The zero-order valence-electron chi connectivity index (χ0n) is 32.3. The molecule has 1 aromatic heterocycles. The van der Waals surface area contributed by atoms with Crippen molar-refractivity contribution in [1.82, 2.24) is 20.1 Å². The summed E-state index contributed by atoms with van der Waals surface area (Å²) in [6, 6.07) is 20.1. The molecule has 5 saturated heterocycles. The molecule has 12 nitrogen and oxygen atoms in total. The quantitative estimate of drug-likeness (QED) is 0.288. The van der Waals surface area contributed by atoms with Crippen LogP contribution in [0, 0.1) is 22.7 Å². The lowest BCUT2D eigenvalue weighted by Crippen LogP contribution is -2.49. The van der Waals surface area contributed by atoms with Gasteiger partial charge in [-0.15, -0.1) is 0 Å². The van der Waals surface area contributed by atoms with Crippen molar-refractivity contribution in [1.29, 1.82) is 5.26 Å². The Hall–Kier alpha value is -4.86. The van der Waals surface area contributed by atoms with Gasteiger partial charge in [-0.2, -0.15) is 5.26 Å². The number of rotatable bonds is 8. The first-order chi connectivity index (χ1) is 27.1. The average molecular weight is 778 g/mol. The van der Waals surface area contributed by atoms with E-state index in [-0.39, 0.29) is 23.1 Å². The molecule has 0 saturated carbocycles. The minimum Gasteiger partial charge on any atom is -0.374 e. The van der Waals surface area contributed by atoms with Gasteiger partial charge in [0.25, 0.3) is 5.91 Å². The molecule has 0 bridgehead atoms. The molecule has 0 aliphatic carbocycles. The lowest BCUT2D eigenvalue weighted by molar-refractivity contribution is -0.133. The molecule has 3 amide bonds. The normalized spacial score (nSPS) is 23.3. The largest absolute Gasteiger partial charge is 0.374 e. The molecule has 6 heterocycles. The van der Waals surface area contributed by atoms with Crippen molar-refractivity contribution in [2.75, 3.05) is 85.5 Å². The second kappa shape index (κ2) is 16.3. The maximum Gasteiger partial charge on any atom is 0.272 e. The van der Waals surface area contributed by atoms with E-state index in [0.29, 0.717) is 41.1 Å². The van der Waals surface area contributed by atoms with E-state index in [1.54, 1.807) is 0 Å². The number of piperidine rings is 3. The summed E-state index contributed by atoms with van der Waals surface area (Å²) in [5.41, 5.74) is 5.49. The lowest BCUT2D eigenvalue weighted by Gasteiger charge is -2.40. The first kappa shape index (κ1) is 38.0. The highest BCUT2D eigenvalue weighted by Crippen LogP contribution is 2.46. The minimum absolute atomic E-state index is 0.0264. The molecule has 294 valence electrons. The highest BCUT2D eigenvalue weighted by molar-refractivity contribution is 6.32. The third-order valence-corrected chi connectivity index (χ3v) is 13.2. The van der Waals surface area contributed by atoms with Gasteiger partial charge in [-0.1, -0.05) is 17.7 Å². The van der Waals surface area contributed by atoms with Crippen molar-refractivity contribution >= 4 is 52.1 Å². The Labute approximate surface area is 334 Å². The number of nitrogens with one attached hydrogen (secondary N) is 2. The molecule has 1 unspecified atom stereocenters. The third-order valence-electron chi connectivity index (χ3n) is 12.9. The van der Waals surface area contributed by atoms with E-state index in [1.165, 1.54) is 0 Å². The van der Waals surface area contributed by atoms with Gasteiger partial charge >= 0.3 is 0 Å². The summed E-state index contributed by atoms with van der Waals surface area (Å²) in [6.07, 6.45) is 8.08. The average Bonchev–Trinajstić information content (AvgIpc) is 3.54. The minimum atomic E-state index is -0.393. The van der Waals surface area contributed by atoms with Crippen LogP contribution in [0.4, 0.5) is 22.7 Å². The summed E-state index contributed by atoms with van der Waals surface area (Å²) in [4.78, 5) is 53.7. The number of carbonyl (C=O) groups is 3. The highest BCUT2D eigenvalue weighted by Gasteiger charge is 2.44. The van der Waals surface area contributed by atoms with Crippen molar-refractivity contribution in [2.45, 2.75) is 64.0 Å². The zero-order chi connectivity index (χ0) is 38.8. The number of pyridine rings is 1. The molecular weight excluding hydrogens is 726 g/mol. The summed E-state index contributed by atoms with van der Waals surface area (Å²) in [5.74, 6) is 0.131. The molecule has 3 aromatic rings. The van der Waals surface area contributed by atoms with Crippen LogP contribution in [0.1, 0.15) is 67.9 Å². The van der Waals surface area contributed by atoms with Gasteiger partial charge in [-0.3, -0.25) is 24.6 Å². The van der Waals surface area contributed by atoms with E-state index >= 15 is 0 Å². The van der Waals surface area contributed by atoms with E-state index in [0.717, 1.165) is 120 Å². The van der Waals surface area contributed by atoms with Crippen LogP contribution in [-0.2, 0) is 9.59 Å². The van der Waals surface area contributed by atoms with Crippen molar-refractivity contribution in [3.05, 3.63) is 77.1 Å². The molecule has 5 aliphatic rings. The number of imide groups is 1. The number of benzene rings is 2. The van der Waals surface area contributed by atoms with E-state index in [4.69, 9.17) is 11.6 Å². The predicted molar refractivity (Wildman–Crippen MR) is 219 cm³/mol. The predicted octanol–water partition coefficient (Wildman–Crippen LogP) is 5.38. The van der Waals surface area contributed by atoms with Crippen molar-refractivity contribution < 1.29 is 14.4 Å². The number of halogens is 1. The second-order valence-corrected chi connectivity index (χ2v) is 17.0. The molecule has 13 heteroatoms. The third kappa shape index (κ3) is 8.30. The van der Waals surface area contributed by atoms with E-state index in [1.807, 2.05) is 47.5 Å². The van der Waals surface area contributed by atoms with Gasteiger partial charge in [0, 0.05) is 95.0 Å². The molecule has 2 atom stereocenters. The van der Waals surface area contributed by atoms with Gasteiger partial charge in [0.2, 0.25) is 11.8 Å². The van der Waals surface area contributed by atoms with Gasteiger partial charge < -0.3 is 24.9 Å². The number of nitrogens with zero attached hydrogens (tertiary/aromatic N) is 7. The summed E-state index contributed by atoms with van der Waals surface area (Å²) in [6.45, 7) is 11.6. The van der Waals surface area contributed by atoms with Gasteiger partial charge in [-0.25, -0.2) is 4.98 Å². The Morgan fingerprint density at radius 1 is 0.929 bits per heavy atom. The molecule has 5 fully saturated rings. The van der Waals surface area contributed by atoms with Crippen LogP contribution in [0.5, 0.6) is 0 Å². The SMILES string of the molecule is C[C@H]1CC2(CCN(c3ccc(C(=O)N4CCC(CN5CCN(c6cccc(NC7CCC(=O)NC7=O)c6)CC5)CC4)nc3)CC2)CN1c1ccc(C#N)c(Cl)c1. The summed E-state index contributed by atoms with van der Waals surface area (Å²) < 4.78 is 0. The molecule has 2 N–H and O–H groups in total. The number of likely N-dealkylation sites (tertiary alicyclic amines) is 1. The first-order valence-corrected chi connectivity index (χ1v) is 20.7. The van der Waals surface area contributed by atoms with E-state index in [2.05, 4.69) is 66.4 Å². The Balaban J connectivity index is 0.762. The monoisotopic (exact) mass is 777 g/mol. The molecule has 5 aliphatic heterocycles. The van der Waals surface area contributed by atoms with Gasteiger partial charge in [0.1, 0.15) is 17.8 Å². The highest BCUT2D eigenvalue weighted by atomic mass is 35.5. The molecule has 56 heavy (non-hydrogen) atoms. The van der Waals surface area contributed by atoms with E-state index in [9.17, 15) is 19.6 Å². The number of hydrogen-bond acceptors (Lipinski definition) is 10. The fourth-order valence-corrected chi connectivity index (χ4v) is 9.82. The Morgan fingerprint density at radius 3 is 2.38 bits per heavy atom. The Kier molecular flexibility index (Phi) is 11.1. The number of hydrogen-bond donors (Lipinski definition) is 2. The van der Waals surface area contributed by atoms with Crippen LogP contribution < -0.4 is 25.3 Å². The number of nitriles is 1. The Bertz CT molecular complexity index is 1960. The molecular formula is C43H52ClN9O3. The summed E-state index contributed by atoms with van der Waals surface area (Å²) in [7, 11) is 0. The van der Waals surface area contributed by atoms with Gasteiger partial charge in [-0.05, 0) is 105 Å². The van der Waals surface area contributed by atoms with Crippen LogP contribution in [0.25, 0.3) is 0 Å². The van der Waals surface area contributed by atoms with Crippen LogP contribution >= 0.6 is 11.6 Å². The van der Waals surface area contributed by atoms with Crippen LogP contribution in [-0.4, -0.2) is 110 Å². The molecule has 0 radical (unpaired) electrons. The van der Waals surface area contributed by atoms with Crippen LogP contribution in [0.2, 0.25) is 5.02 Å². The summed E-state index contributed by atoms with van der Waals surface area (Å²) in [5, 5.41) is 15.5. The Morgan fingerprint density at radius 2 is 1.68 bits per heavy atom. The van der Waals surface area contributed by atoms with Crippen LogP contribution in [0.3, 0.4) is 0 Å². The van der Waals surface area contributed by atoms with Crippen molar-refractivity contribution in [2.24, 2.45) is 11.3 Å². The fraction of sp³-hybridized carbons (Fsp3) is 0.512. The molecule has 2 aromatic carbocycles. The topological polar surface area (TPSA) is 128 Å². The standard InChI is InChI=1S/C43H52ClN9O3/c1-30-25-43(29-53(30)35-6-5-32(26-45)37(44)24-35)13-17-50(18-14-43)36-7-8-39(46-27-36)42(56)52-15-11-31(12-16-52)28-49-19-21-51(22-20-49)34-4-2-3-33(23-34)47-38-9-10-40(54)48-41(38)55/h2-8,23-24,27,30-31,38,47H,9-22,25,28-29H2,1H3,(H,48,54,55)/t30-,38?/m0/s1. The maximum atomic E-state index is 13.5. The summed E-state index contributed by atoms with van der Waals surface area (Å²) >= 11 is 6.38. The lowest BCUT2D eigenvalue weighted by atomic mass is 9.76. The van der Waals surface area contributed by atoms with Crippen LogP contribution in [0.15, 0.2) is 60.8 Å². The number of anilines is 4. The number of amides is 3. The number of carbonyl (C=O) groups excluding carboxylic acids is 3. The zero-order valence-corrected chi connectivity index (χ0v) is 33.0. The van der Waals surface area contributed by atoms with Gasteiger partial charge in [0.15, 0.2) is 0 Å². The molecule has 1 spiro atoms. The smallest absolute Gasteiger partial charge is 0.272 e. The maximum absolute atomic E-state index is 13.5.